The molecule has 0 aliphatic heterocycles. The van der Waals surface area contributed by atoms with Crippen LogP contribution in [0.2, 0.25) is 0 Å². The Morgan fingerprint density at radius 3 is 2.43 bits per heavy atom. The highest BCUT2D eigenvalue weighted by Gasteiger charge is 2.15. The van der Waals surface area contributed by atoms with Gasteiger partial charge in [-0.05, 0) is 31.3 Å². The molecular weight excluding hydrogens is 371 g/mol. The third kappa shape index (κ3) is 6.02. The minimum Gasteiger partial charge on any atom is -0.494 e. The predicted octanol–water partition coefficient (Wildman–Crippen LogP) is 2.25. The van der Waals surface area contributed by atoms with E-state index in [4.69, 9.17) is 4.74 Å². The van der Waals surface area contributed by atoms with Crippen LogP contribution in [-0.4, -0.2) is 48.9 Å². The van der Waals surface area contributed by atoms with Gasteiger partial charge < -0.3 is 15.4 Å². The molecule has 0 atom stereocenters. The number of nitrogens with zero attached hydrogens (tertiary/aromatic N) is 2. The molecule has 2 aromatic carbocycles. The smallest absolute Gasteiger partial charge is 0.273 e. The van der Waals surface area contributed by atoms with Gasteiger partial charge in [-0.3, -0.25) is 24.6 Å². The zero-order valence-electron chi connectivity index (χ0n) is 15.3. The minimum absolute atomic E-state index is 0.0959. The van der Waals surface area contributed by atoms with E-state index in [9.17, 15) is 24.1 Å². The molecule has 0 bridgehead atoms. The summed E-state index contributed by atoms with van der Waals surface area (Å²) in [6.45, 7) is -0.210. The lowest BCUT2D eigenvalue weighted by Gasteiger charge is -2.17. The number of likely N-dealkylation sites (N-methyl/N-ethyl adjacent to an activating group) is 1. The van der Waals surface area contributed by atoms with Crippen molar-refractivity contribution in [2.75, 3.05) is 37.9 Å². The van der Waals surface area contributed by atoms with E-state index in [-0.39, 0.29) is 30.2 Å². The summed E-state index contributed by atoms with van der Waals surface area (Å²) in [5.41, 5.74) is 0.426. The first-order chi connectivity index (χ1) is 13.3. The van der Waals surface area contributed by atoms with Gasteiger partial charge in [-0.1, -0.05) is 6.07 Å². The molecule has 2 amide bonds. The number of ether oxygens (including phenoxy) is 1. The van der Waals surface area contributed by atoms with Gasteiger partial charge >= 0.3 is 0 Å². The van der Waals surface area contributed by atoms with Crippen molar-refractivity contribution in [3.8, 4) is 5.75 Å². The first kappa shape index (κ1) is 20.8. The molecule has 0 saturated carbocycles. The van der Waals surface area contributed by atoms with Gasteiger partial charge in [0.1, 0.15) is 11.6 Å². The zero-order chi connectivity index (χ0) is 20.7. The molecule has 0 radical (unpaired) electrons. The fourth-order valence-corrected chi connectivity index (χ4v) is 2.40. The summed E-state index contributed by atoms with van der Waals surface area (Å²) in [5, 5.41) is 15.9. The van der Waals surface area contributed by atoms with Gasteiger partial charge in [0, 0.05) is 11.8 Å². The number of amides is 2. The van der Waals surface area contributed by atoms with Crippen LogP contribution in [-0.2, 0) is 9.59 Å². The molecule has 148 valence electrons. The average Bonchev–Trinajstić information content (AvgIpc) is 2.61. The maximum Gasteiger partial charge on any atom is 0.273 e. The summed E-state index contributed by atoms with van der Waals surface area (Å²) >= 11 is 0. The Morgan fingerprint density at radius 2 is 1.82 bits per heavy atom. The van der Waals surface area contributed by atoms with Gasteiger partial charge in [0.15, 0.2) is 0 Å². The number of carbonyl (C=O) groups excluding carboxylic acids is 2. The second-order valence-corrected chi connectivity index (χ2v) is 5.92. The van der Waals surface area contributed by atoms with Gasteiger partial charge in [-0.25, -0.2) is 4.39 Å². The molecule has 9 nitrogen and oxygen atoms in total. The SMILES string of the molecule is COc1cc([N+](=O)[O-])ccc1NC(=O)CN(C)CC(=O)Nc1cccc(F)c1. The Hall–Kier alpha value is -3.53. The van der Waals surface area contributed by atoms with Crippen LogP contribution in [0.5, 0.6) is 5.75 Å². The number of non-ortho nitro benzene ring substituents is 1. The molecule has 2 rings (SSSR count). The molecule has 0 aliphatic rings. The highest BCUT2D eigenvalue weighted by molar-refractivity contribution is 5.95. The summed E-state index contributed by atoms with van der Waals surface area (Å²) in [4.78, 5) is 35.8. The first-order valence-corrected chi connectivity index (χ1v) is 8.14. The van der Waals surface area contributed by atoms with E-state index in [0.29, 0.717) is 5.69 Å². The van der Waals surface area contributed by atoms with Gasteiger partial charge in [-0.15, -0.1) is 0 Å². The molecule has 0 saturated heterocycles. The largest absolute Gasteiger partial charge is 0.494 e. The minimum atomic E-state index is -0.570. The lowest BCUT2D eigenvalue weighted by atomic mass is 10.2. The van der Waals surface area contributed by atoms with E-state index in [1.807, 2.05) is 0 Å². The fourth-order valence-electron chi connectivity index (χ4n) is 2.40. The molecule has 0 heterocycles. The lowest BCUT2D eigenvalue weighted by molar-refractivity contribution is -0.384. The average molecular weight is 390 g/mol. The Morgan fingerprint density at radius 1 is 1.14 bits per heavy atom. The Bertz CT molecular complexity index is 890. The second kappa shape index (κ2) is 9.42. The van der Waals surface area contributed by atoms with Crippen molar-refractivity contribution in [1.29, 1.82) is 0 Å². The zero-order valence-corrected chi connectivity index (χ0v) is 15.3. The molecule has 10 heteroatoms. The second-order valence-electron chi connectivity index (χ2n) is 5.92. The van der Waals surface area contributed by atoms with Crippen molar-refractivity contribution in [2.24, 2.45) is 0 Å². The summed E-state index contributed by atoms with van der Waals surface area (Å²) in [6.07, 6.45) is 0. The molecule has 0 unspecified atom stereocenters. The first-order valence-electron chi connectivity index (χ1n) is 8.14. The Kier molecular flexibility index (Phi) is 6.99. The van der Waals surface area contributed by atoms with Crippen LogP contribution in [0.25, 0.3) is 0 Å². The van der Waals surface area contributed by atoms with E-state index in [0.717, 1.165) is 0 Å². The van der Waals surface area contributed by atoms with Crippen LogP contribution in [0, 0.1) is 15.9 Å². The number of nitro groups is 1. The van der Waals surface area contributed by atoms with Crippen molar-refractivity contribution in [1.82, 2.24) is 4.90 Å². The molecule has 28 heavy (non-hydrogen) atoms. The van der Waals surface area contributed by atoms with Crippen LogP contribution >= 0.6 is 0 Å². The number of rotatable bonds is 8. The van der Waals surface area contributed by atoms with Gasteiger partial charge in [-0.2, -0.15) is 0 Å². The fraction of sp³-hybridized carbons (Fsp3) is 0.222. The van der Waals surface area contributed by atoms with Crippen LogP contribution < -0.4 is 15.4 Å². The van der Waals surface area contributed by atoms with Crippen LogP contribution in [0.4, 0.5) is 21.5 Å². The number of hydrogen-bond acceptors (Lipinski definition) is 6. The summed E-state index contributed by atoms with van der Waals surface area (Å²) in [6, 6.07) is 9.28. The Balaban J connectivity index is 1.90. The maximum absolute atomic E-state index is 13.1. The van der Waals surface area contributed by atoms with Gasteiger partial charge in [0.05, 0.1) is 36.9 Å². The van der Waals surface area contributed by atoms with E-state index in [1.165, 1.54) is 48.4 Å². The van der Waals surface area contributed by atoms with Gasteiger partial charge in [0.25, 0.3) is 5.69 Å². The van der Waals surface area contributed by atoms with E-state index in [1.54, 1.807) is 13.1 Å². The number of benzene rings is 2. The highest BCUT2D eigenvalue weighted by atomic mass is 19.1. The molecule has 0 spiro atoms. The van der Waals surface area contributed by atoms with Crippen molar-refractivity contribution >= 4 is 28.9 Å². The van der Waals surface area contributed by atoms with E-state index >= 15 is 0 Å². The van der Waals surface area contributed by atoms with Crippen molar-refractivity contribution in [2.45, 2.75) is 0 Å². The Labute approximate surface area is 160 Å². The monoisotopic (exact) mass is 390 g/mol. The third-order valence-electron chi connectivity index (χ3n) is 3.61. The maximum atomic E-state index is 13.1. The normalized spacial score (nSPS) is 10.4. The highest BCUT2D eigenvalue weighted by Crippen LogP contribution is 2.28. The van der Waals surface area contributed by atoms with Crippen molar-refractivity contribution in [3.63, 3.8) is 0 Å². The number of anilines is 2. The number of halogens is 1. The molecule has 0 aromatic heterocycles. The van der Waals surface area contributed by atoms with Crippen molar-refractivity contribution < 1.29 is 23.6 Å². The molecule has 0 fully saturated rings. The topological polar surface area (TPSA) is 114 Å². The van der Waals surface area contributed by atoms with Crippen LogP contribution in [0.3, 0.4) is 0 Å². The van der Waals surface area contributed by atoms with E-state index in [2.05, 4.69) is 10.6 Å². The standard InChI is InChI=1S/C18H19FN4O5/c1-22(10-17(24)20-13-5-3-4-12(19)8-13)11-18(25)21-15-7-6-14(23(26)27)9-16(15)28-2/h3-9H,10-11H2,1-2H3,(H,20,24)(H,21,25). The predicted molar refractivity (Wildman–Crippen MR) is 101 cm³/mol. The van der Waals surface area contributed by atoms with Crippen LogP contribution in [0.15, 0.2) is 42.5 Å². The van der Waals surface area contributed by atoms with E-state index < -0.39 is 22.6 Å². The van der Waals surface area contributed by atoms with Crippen molar-refractivity contribution in [3.05, 3.63) is 58.4 Å². The number of methoxy groups -OCH3 is 1. The lowest BCUT2D eigenvalue weighted by Crippen LogP contribution is -2.36. The summed E-state index contributed by atoms with van der Waals surface area (Å²) in [5.74, 6) is -1.17. The molecule has 2 aromatic rings. The number of carbonyl (C=O) groups is 2. The molecule has 2 N–H and O–H groups in total. The number of nitrogens with one attached hydrogen (secondary N) is 2. The summed E-state index contributed by atoms with van der Waals surface area (Å²) in [7, 11) is 2.90. The third-order valence-corrected chi connectivity index (χ3v) is 3.61. The molecule has 0 aliphatic carbocycles. The number of nitro benzene ring substituents is 1. The molecular formula is C18H19FN4O5. The van der Waals surface area contributed by atoms with Gasteiger partial charge in [0.2, 0.25) is 11.8 Å². The summed E-state index contributed by atoms with van der Waals surface area (Å²) < 4.78 is 18.2. The number of hydrogen-bond donors (Lipinski definition) is 2. The quantitative estimate of drug-likeness (QED) is 0.528. The van der Waals surface area contributed by atoms with Crippen LogP contribution in [0.1, 0.15) is 0 Å².